The molecule has 0 bridgehead atoms. The SMILES string of the molecule is C#CCCC1(CCC(=O)N2CCCC[C@H]2c2ccc(CC)o2)N=N1. The Labute approximate surface area is 143 Å². The Hall–Kier alpha value is -2.09. The molecular formula is C19H25N3O2. The number of terminal acetylenes is 1. The largest absolute Gasteiger partial charge is 0.464 e. The molecular weight excluding hydrogens is 302 g/mol. The van der Waals surface area contributed by atoms with Crippen molar-refractivity contribution in [2.45, 2.75) is 70.0 Å². The van der Waals surface area contributed by atoms with Crippen molar-refractivity contribution in [1.82, 2.24) is 4.90 Å². The fourth-order valence-corrected chi connectivity index (χ4v) is 3.41. The lowest BCUT2D eigenvalue weighted by Gasteiger charge is -2.34. The monoisotopic (exact) mass is 327 g/mol. The van der Waals surface area contributed by atoms with E-state index in [4.69, 9.17) is 10.8 Å². The summed E-state index contributed by atoms with van der Waals surface area (Å²) in [6.07, 6.45) is 11.9. The van der Waals surface area contributed by atoms with Crippen molar-refractivity contribution in [3.05, 3.63) is 23.7 Å². The molecule has 1 aromatic rings. The average Bonchev–Trinajstić information content (AvgIpc) is 3.23. The Bertz CT molecular complexity index is 650. The van der Waals surface area contributed by atoms with Crippen LogP contribution in [0.4, 0.5) is 0 Å². The van der Waals surface area contributed by atoms with Crippen LogP contribution in [-0.4, -0.2) is 23.0 Å². The molecule has 5 nitrogen and oxygen atoms in total. The van der Waals surface area contributed by atoms with Gasteiger partial charge in [-0.25, -0.2) is 0 Å². The Balaban J connectivity index is 1.60. The number of hydrogen-bond donors (Lipinski definition) is 0. The maximum atomic E-state index is 12.8. The summed E-state index contributed by atoms with van der Waals surface area (Å²) in [7, 11) is 0. The minimum atomic E-state index is -0.382. The summed E-state index contributed by atoms with van der Waals surface area (Å²) in [5, 5.41) is 8.24. The van der Waals surface area contributed by atoms with Gasteiger partial charge in [-0.2, -0.15) is 10.2 Å². The lowest BCUT2D eigenvalue weighted by molar-refractivity contribution is -0.135. The summed E-state index contributed by atoms with van der Waals surface area (Å²) < 4.78 is 5.91. The van der Waals surface area contributed by atoms with E-state index in [-0.39, 0.29) is 17.6 Å². The highest BCUT2D eigenvalue weighted by atomic mass is 16.3. The van der Waals surface area contributed by atoms with Crippen LogP contribution in [0.3, 0.4) is 0 Å². The highest BCUT2D eigenvalue weighted by Crippen LogP contribution is 2.39. The van der Waals surface area contributed by atoms with Gasteiger partial charge in [-0.1, -0.05) is 6.92 Å². The Morgan fingerprint density at radius 3 is 2.92 bits per heavy atom. The van der Waals surface area contributed by atoms with Crippen LogP contribution in [0.1, 0.15) is 69.4 Å². The Morgan fingerprint density at radius 2 is 2.25 bits per heavy atom. The molecule has 3 rings (SSSR count). The molecule has 0 aromatic carbocycles. The number of amides is 1. The second-order valence-electron chi connectivity index (χ2n) is 6.64. The highest BCUT2D eigenvalue weighted by Gasteiger charge is 2.40. The van der Waals surface area contributed by atoms with E-state index in [0.717, 1.165) is 50.2 Å². The van der Waals surface area contributed by atoms with Crippen LogP contribution in [0.25, 0.3) is 0 Å². The van der Waals surface area contributed by atoms with Gasteiger partial charge in [0.05, 0.1) is 6.04 Å². The summed E-state index contributed by atoms with van der Waals surface area (Å²) in [6, 6.07) is 4.11. The molecule has 0 radical (unpaired) electrons. The molecule has 5 heteroatoms. The van der Waals surface area contributed by atoms with Crippen LogP contribution in [0.2, 0.25) is 0 Å². The van der Waals surface area contributed by atoms with Crippen LogP contribution in [0, 0.1) is 12.3 Å². The van der Waals surface area contributed by atoms with Gasteiger partial charge in [-0.3, -0.25) is 4.79 Å². The number of carbonyl (C=O) groups is 1. The van der Waals surface area contributed by atoms with Crippen molar-refractivity contribution in [2.24, 2.45) is 10.2 Å². The van der Waals surface area contributed by atoms with Crippen LogP contribution < -0.4 is 0 Å². The predicted molar refractivity (Wildman–Crippen MR) is 91.3 cm³/mol. The van der Waals surface area contributed by atoms with Crippen molar-refractivity contribution < 1.29 is 9.21 Å². The number of nitrogens with zero attached hydrogens (tertiary/aromatic N) is 3. The number of carbonyl (C=O) groups excluding carboxylic acids is 1. The molecule has 1 aromatic heterocycles. The van der Waals surface area contributed by atoms with E-state index < -0.39 is 0 Å². The zero-order valence-corrected chi connectivity index (χ0v) is 14.3. The second-order valence-corrected chi connectivity index (χ2v) is 6.64. The summed E-state index contributed by atoms with van der Waals surface area (Å²) >= 11 is 0. The first kappa shape index (κ1) is 16.8. The highest BCUT2D eigenvalue weighted by molar-refractivity contribution is 5.77. The van der Waals surface area contributed by atoms with Crippen molar-refractivity contribution in [3.8, 4) is 12.3 Å². The van der Waals surface area contributed by atoms with Gasteiger partial charge in [0.15, 0.2) is 5.66 Å². The van der Waals surface area contributed by atoms with Crippen molar-refractivity contribution in [1.29, 1.82) is 0 Å². The molecule has 0 N–H and O–H groups in total. The van der Waals surface area contributed by atoms with E-state index in [0.29, 0.717) is 19.3 Å². The molecule has 128 valence electrons. The summed E-state index contributed by atoms with van der Waals surface area (Å²) in [5.41, 5.74) is -0.382. The lowest BCUT2D eigenvalue weighted by Crippen LogP contribution is -2.38. The summed E-state index contributed by atoms with van der Waals surface area (Å²) in [5.74, 6) is 4.69. The van der Waals surface area contributed by atoms with Gasteiger partial charge in [0.2, 0.25) is 5.91 Å². The number of likely N-dealkylation sites (tertiary alicyclic amines) is 1. The molecule has 1 amide bonds. The average molecular weight is 327 g/mol. The van der Waals surface area contributed by atoms with Gasteiger partial charge < -0.3 is 9.32 Å². The van der Waals surface area contributed by atoms with E-state index in [9.17, 15) is 4.79 Å². The quantitative estimate of drug-likeness (QED) is 0.703. The lowest BCUT2D eigenvalue weighted by atomic mass is 9.97. The van der Waals surface area contributed by atoms with Crippen LogP contribution in [0.15, 0.2) is 26.8 Å². The molecule has 0 spiro atoms. The second kappa shape index (κ2) is 7.21. The third-order valence-corrected chi connectivity index (χ3v) is 4.97. The molecule has 3 heterocycles. The molecule has 2 aliphatic rings. The zero-order valence-electron chi connectivity index (χ0n) is 14.3. The fraction of sp³-hybridized carbons (Fsp3) is 0.632. The normalized spacial score (nSPS) is 21.5. The van der Waals surface area contributed by atoms with Crippen molar-refractivity contribution in [2.75, 3.05) is 6.54 Å². The minimum Gasteiger partial charge on any atom is -0.464 e. The molecule has 1 saturated heterocycles. The van der Waals surface area contributed by atoms with Gasteiger partial charge in [0, 0.05) is 38.6 Å². The van der Waals surface area contributed by atoms with E-state index >= 15 is 0 Å². The van der Waals surface area contributed by atoms with Gasteiger partial charge >= 0.3 is 0 Å². The van der Waals surface area contributed by atoms with Crippen LogP contribution in [0.5, 0.6) is 0 Å². The first-order valence-corrected chi connectivity index (χ1v) is 8.93. The first-order chi connectivity index (χ1) is 11.7. The summed E-state index contributed by atoms with van der Waals surface area (Å²) in [6.45, 7) is 2.88. The summed E-state index contributed by atoms with van der Waals surface area (Å²) in [4.78, 5) is 14.8. The number of furan rings is 1. The van der Waals surface area contributed by atoms with Gasteiger partial charge in [0.25, 0.3) is 0 Å². The van der Waals surface area contributed by atoms with Crippen LogP contribution in [-0.2, 0) is 11.2 Å². The third-order valence-electron chi connectivity index (χ3n) is 4.97. The molecule has 0 aliphatic carbocycles. The molecule has 1 fully saturated rings. The zero-order chi connectivity index (χ0) is 17.0. The molecule has 24 heavy (non-hydrogen) atoms. The number of aryl methyl sites for hydroxylation is 1. The van der Waals surface area contributed by atoms with Gasteiger partial charge in [0.1, 0.15) is 11.5 Å². The van der Waals surface area contributed by atoms with Crippen molar-refractivity contribution in [3.63, 3.8) is 0 Å². The first-order valence-electron chi connectivity index (χ1n) is 8.93. The predicted octanol–water partition coefficient (Wildman–Crippen LogP) is 4.25. The van der Waals surface area contributed by atoms with Gasteiger partial charge in [-0.15, -0.1) is 12.3 Å². The number of piperidine rings is 1. The topological polar surface area (TPSA) is 58.2 Å². The molecule has 0 saturated carbocycles. The molecule has 0 unspecified atom stereocenters. The van der Waals surface area contributed by atoms with Crippen molar-refractivity contribution >= 4 is 5.91 Å². The smallest absolute Gasteiger partial charge is 0.223 e. The van der Waals surface area contributed by atoms with Gasteiger partial charge in [-0.05, 0) is 31.4 Å². The third kappa shape index (κ3) is 3.69. The maximum absolute atomic E-state index is 12.8. The molecule has 1 atom stereocenters. The van der Waals surface area contributed by atoms with E-state index in [2.05, 4.69) is 23.1 Å². The number of hydrogen-bond acceptors (Lipinski definition) is 4. The minimum absolute atomic E-state index is 0.0706. The maximum Gasteiger partial charge on any atom is 0.223 e. The van der Waals surface area contributed by atoms with E-state index in [1.54, 1.807) is 0 Å². The van der Waals surface area contributed by atoms with E-state index in [1.165, 1.54) is 0 Å². The Morgan fingerprint density at radius 1 is 1.42 bits per heavy atom. The number of rotatable bonds is 7. The van der Waals surface area contributed by atoms with Crippen LogP contribution >= 0.6 is 0 Å². The fourth-order valence-electron chi connectivity index (χ4n) is 3.41. The molecule has 2 aliphatic heterocycles. The van der Waals surface area contributed by atoms with E-state index in [1.807, 2.05) is 17.0 Å². The Kier molecular flexibility index (Phi) is 5.03. The standard InChI is InChI=1S/C19H25N3O2/c1-3-5-12-19(20-21-19)13-11-18(23)22-14-7-6-8-16(22)17-10-9-15(4-2)24-17/h1,9-10,16H,4-8,11-14H2,2H3/t16-/m0/s1.